The van der Waals surface area contributed by atoms with Crippen molar-refractivity contribution in [2.75, 3.05) is 19.6 Å². The fraction of sp³-hybridized carbons (Fsp3) is 0.500. The first-order valence-corrected chi connectivity index (χ1v) is 7.65. The van der Waals surface area contributed by atoms with Gasteiger partial charge in [0.2, 0.25) is 5.89 Å². The predicted molar refractivity (Wildman–Crippen MR) is 80.9 cm³/mol. The summed E-state index contributed by atoms with van der Waals surface area (Å²) in [6.45, 7) is 6.08. The molecule has 5 nitrogen and oxygen atoms in total. The summed E-state index contributed by atoms with van der Waals surface area (Å²) < 4.78 is 5.41. The van der Waals surface area contributed by atoms with Gasteiger partial charge in [-0.2, -0.15) is 4.98 Å². The van der Waals surface area contributed by atoms with Crippen LogP contribution in [-0.4, -0.2) is 40.7 Å². The van der Waals surface area contributed by atoms with Crippen LogP contribution in [0.15, 0.2) is 34.9 Å². The third kappa shape index (κ3) is 3.68. The van der Waals surface area contributed by atoms with Gasteiger partial charge in [-0.3, -0.25) is 4.90 Å². The third-order valence-corrected chi connectivity index (χ3v) is 4.01. The maximum absolute atomic E-state index is 5.41. The minimum Gasteiger partial charge on any atom is -0.338 e. The molecule has 1 fully saturated rings. The Bertz CT molecular complexity index is 548. The Kier molecular flexibility index (Phi) is 4.62. The number of nitrogens with one attached hydrogen (secondary N) is 1. The number of hydrogen-bond acceptors (Lipinski definition) is 5. The zero-order valence-electron chi connectivity index (χ0n) is 12.5. The van der Waals surface area contributed by atoms with Gasteiger partial charge >= 0.3 is 0 Å². The SMILES string of the molecule is CCN(Cc1nc(Cc2ccccc2)no1)C1CCNC1. The van der Waals surface area contributed by atoms with Crippen LogP contribution in [0, 0.1) is 0 Å². The van der Waals surface area contributed by atoms with Gasteiger partial charge in [-0.05, 0) is 25.1 Å². The monoisotopic (exact) mass is 286 g/mol. The van der Waals surface area contributed by atoms with Gasteiger partial charge in [-0.1, -0.05) is 42.4 Å². The van der Waals surface area contributed by atoms with Gasteiger partial charge in [0.25, 0.3) is 0 Å². The van der Waals surface area contributed by atoms with Gasteiger partial charge in [0, 0.05) is 19.0 Å². The number of aromatic nitrogens is 2. The third-order valence-electron chi connectivity index (χ3n) is 4.01. The van der Waals surface area contributed by atoms with Crippen molar-refractivity contribution in [2.45, 2.75) is 32.4 Å². The molecule has 0 radical (unpaired) electrons. The minimum atomic E-state index is 0.583. The number of hydrogen-bond donors (Lipinski definition) is 1. The first-order chi connectivity index (χ1) is 10.3. The second-order valence-electron chi connectivity index (χ2n) is 5.48. The standard InChI is InChI=1S/C16H22N4O/c1-2-20(14-8-9-17-11-14)12-16-18-15(19-21-16)10-13-6-4-3-5-7-13/h3-7,14,17H,2,8-12H2,1H3. The molecule has 0 saturated carbocycles. The molecule has 1 saturated heterocycles. The summed E-state index contributed by atoms with van der Waals surface area (Å²) in [7, 11) is 0. The van der Waals surface area contributed by atoms with Crippen molar-refractivity contribution >= 4 is 0 Å². The fourth-order valence-corrected chi connectivity index (χ4v) is 2.83. The molecular weight excluding hydrogens is 264 g/mol. The Morgan fingerprint density at radius 3 is 2.90 bits per heavy atom. The van der Waals surface area contributed by atoms with E-state index in [1.165, 1.54) is 12.0 Å². The molecule has 112 valence electrons. The highest BCUT2D eigenvalue weighted by atomic mass is 16.5. The van der Waals surface area contributed by atoms with E-state index in [4.69, 9.17) is 4.52 Å². The molecular formula is C16H22N4O. The summed E-state index contributed by atoms with van der Waals surface area (Å²) in [5.74, 6) is 1.48. The molecule has 3 rings (SSSR count). The number of likely N-dealkylation sites (N-methyl/N-ethyl adjacent to an activating group) is 1. The van der Waals surface area contributed by atoms with Crippen LogP contribution in [0.4, 0.5) is 0 Å². The predicted octanol–water partition coefficient (Wildman–Crippen LogP) is 1.84. The summed E-state index contributed by atoms with van der Waals surface area (Å²) in [6.07, 6.45) is 1.92. The largest absolute Gasteiger partial charge is 0.338 e. The highest BCUT2D eigenvalue weighted by molar-refractivity contribution is 5.18. The molecule has 21 heavy (non-hydrogen) atoms. The van der Waals surface area contributed by atoms with Crippen LogP contribution in [0.25, 0.3) is 0 Å². The van der Waals surface area contributed by atoms with Crippen LogP contribution < -0.4 is 5.32 Å². The summed E-state index contributed by atoms with van der Waals surface area (Å²) >= 11 is 0. The molecule has 1 aromatic carbocycles. The molecule has 0 amide bonds. The average Bonchev–Trinajstić information content (AvgIpc) is 3.17. The van der Waals surface area contributed by atoms with Crippen LogP contribution >= 0.6 is 0 Å². The van der Waals surface area contributed by atoms with Crippen molar-refractivity contribution in [1.29, 1.82) is 0 Å². The number of rotatable bonds is 6. The number of nitrogens with zero attached hydrogens (tertiary/aromatic N) is 3. The molecule has 1 aliphatic heterocycles. The van der Waals surface area contributed by atoms with Crippen molar-refractivity contribution in [3.05, 3.63) is 47.6 Å². The van der Waals surface area contributed by atoms with E-state index in [-0.39, 0.29) is 0 Å². The smallest absolute Gasteiger partial charge is 0.240 e. The van der Waals surface area contributed by atoms with Crippen molar-refractivity contribution in [2.24, 2.45) is 0 Å². The van der Waals surface area contributed by atoms with Gasteiger partial charge in [0.05, 0.1) is 6.54 Å². The summed E-state index contributed by atoms with van der Waals surface area (Å²) in [5.41, 5.74) is 1.21. The van der Waals surface area contributed by atoms with E-state index in [9.17, 15) is 0 Å². The van der Waals surface area contributed by atoms with Crippen LogP contribution in [0.3, 0.4) is 0 Å². The molecule has 0 bridgehead atoms. The minimum absolute atomic E-state index is 0.583. The van der Waals surface area contributed by atoms with Crippen molar-refractivity contribution in [3.8, 4) is 0 Å². The lowest BCUT2D eigenvalue weighted by molar-refractivity contribution is 0.183. The first-order valence-electron chi connectivity index (χ1n) is 7.65. The lowest BCUT2D eigenvalue weighted by atomic mass is 10.1. The molecule has 1 aromatic heterocycles. The second-order valence-corrected chi connectivity index (χ2v) is 5.48. The highest BCUT2D eigenvalue weighted by Gasteiger charge is 2.22. The Labute approximate surface area is 125 Å². The van der Waals surface area contributed by atoms with E-state index in [0.29, 0.717) is 6.04 Å². The van der Waals surface area contributed by atoms with Crippen molar-refractivity contribution in [1.82, 2.24) is 20.4 Å². The van der Waals surface area contributed by atoms with Crippen LogP contribution in [0.5, 0.6) is 0 Å². The van der Waals surface area contributed by atoms with E-state index in [1.54, 1.807) is 0 Å². The lowest BCUT2D eigenvalue weighted by Gasteiger charge is -2.24. The van der Waals surface area contributed by atoms with E-state index < -0.39 is 0 Å². The summed E-state index contributed by atoms with van der Waals surface area (Å²) in [5, 5.41) is 7.50. The van der Waals surface area contributed by atoms with Crippen molar-refractivity contribution < 1.29 is 4.52 Å². The molecule has 5 heteroatoms. The Balaban J connectivity index is 1.61. The average molecular weight is 286 g/mol. The molecule has 2 aromatic rings. The van der Waals surface area contributed by atoms with E-state index in [0.717, 1.165) is 44.3 Å². The zero-order valence-corrected chi connectivity index (χ0v) is 12.5. The molecule has 1 aliphatic rings. The Morgan fingerprint density at radius 2 is 2.19 bits per heavy atom. The molecule has 1 unspecified atom stereocenters. The highest BCUT2D eigenvalue weighted by Crippen LogP contribution is 2.13. The maximum Gasteiger partial charge on any atom is 0.240 e. The summed E-state index contributed by atoms with van der Waals surface area (Å²) in [6, 6.07) is 10.8. The van der Waals surface area contributed by atoms with Crippen LogP contribution in [0.1, 0.15) is 30.6 Å². The van der Waals surface area contributed by atoms with E-state index >= 15 is 0 Å². The quantitative estimate of drug-likeness (QED) is 0.878. The molecule has 0 spiro atoms. The maximum atomic E-state index is 5.41. The molecule has 1 atom stereocenters. The molecule has 1 N–H and O–H groups in total. The number of benzene rings is 1. The first kappa shape index (κ1) is 14.2. The topological polar surface area (TPSA) is 54.2 Å². The Morgan fingerprint density at radius 1 is 1.33 bits per heavy atom. The van der Waals surface area contributed by atoms with E-state index in [2.05, 4.69) is 39.4 Å². The zero-order chi connectivity index (χ0) is 14.5. The normalized spacial score (nSPS) is 18.5. The second kappa shape index (κ2) is 6.83. The molecule has 0 aliphatic carbocycles. The summed E-state index contributed by atoms with van der Waals surface area (Å²) in [4.78, 5) is 6.93. The lowest BCUT2D eigenvalue weighted by Crippen LogP contribution is -2.36. The fourth-order valence-electron chi connectivity index (χ4n) is 2.83. The van der Waals surface area contributed by atoms with Gasteiger partial charge in [0.15, 0.2) is 5.82 Å². The molecule has 2 heterocycles. The Hall–Kier alpha value is -1.72. The van der Waals surface area contributed by atoms with Gasteiger partial charge in [0.1, 0.15) is 0 Å². The van der Waals surface area contributed by atoms with Crippen LogP contribution in [0.2, 0.25) is 0 Å². The van der Waals surface area contributed by atoms with E-state index in [1.807, 2.05) is 18.2 Å². The van der Waals surface area contributed by atoms with Gasteiger partial charge in [-0.25, -0.2) is 0 Å². The van der Waals surface area contributed by atoms with Gasteiger partial charge in [-0.15, -0.1) is 0 Å². The van der Waals surface area contributed by atoms with Crippen LogP contribution in [-0.2, 0) is 13.0 Å². The van der Waals surface area contributed by atoms with Crippen molar-refractivity contribution in [3.63, 3.8) is 0 Å². The van der Waals surface area contributed by atoms with Gasteiger partial charge < -0.3 is 9.84 Å².